The van der Waals surface area contributed by atoms with Gasteiger partial charge in [0.1, 0.15) is 0 Å². The van der Waals surface area contributed by atoms with Gasteiger partial charge in [0.25, 0.3) is 0 Å². The zero-order valence-corrected chi connectivity index (χ0v) is 12.3. The minimum Gasteiger partial charge on any atom is -0.481 e. The van der Waals surface area contributed by atoms with E-state index < -0.39 is 5.97 Å². The molecule has 0 aliphatic carbocycles. The van der Waals surface area contributed by atoms with E-state index in [4.69, 9.17) is 5.11 Å². The maximum absolute atomic E-state index is 12.1. The highest BCUT2D eigenvalue weighted by atomic mass is 16.4. The number of carbonyl (C=O) groups excluding carboxylic acids is 2. The molecule has 2 rings (SSSR count). The fourth-order valence-corrected chi connectivity index (χ4v) is 2.70. The summed E-state index contributed by atoms with van der Waals surface area (Å²) in [5.41, 5.74) is 0.886. The molecule has 0 saturated carbocycles. The van der Waals surface area contributed by atoms with E-state index in [-0.39, 0.29) is 37.2 Å². The summed E-state index contributed by atoms with van der Waals surface area (Å²) in [7, 11) is 0. The Bertz CT molecular complexity index is 544. The fourth-order valence-electron chi connectivity index (χ4n) is 2.70. The van der Waals surface area contributed by atoms with Crippen LogP contribution in [0.1, 0.15) is 24.8 Å². The SMILES string of the molecule is O=C(O)CC1CCCN1C(=O)CNC(=O)Cc1ccccc1. The van der Waals surface area contributed by atoms with E-state index in [2.05, 4.69) is 5.32 Å². The number of benzene rings is 1. The summed E-state index contributed by atoms with van der Waals surface area (Å²) in [6.07, 6.45) is 1.70. The summed E-state index contributed by atoms with van der Waals surface area (Å²) >= 11 is 0. The van der Waals surface area contributed by atoms with Gasteiger partial charge in [0.2, 0.25) is 11.8 Å². The molecule has 1 aliphatic rings. The van der Waals surface area contributed by atoms with Gasteiger partial charge in [-0.05, 0) is 18.4 Å². The molecule has 0 aromatic heterocycles. The van der Waals surface area contributed by atoms with Crippen LogP contribution >= 0.6 is 0 Å². The van der Waals surface area contributed by atoms with Crippen LogP contribution in [-0.4, -0.2) is 46.9 Å². The van der Waals surface area contributed by atoms with Gasteiger partial charge in [-0.2, -0.15) is 0 Å². The van der Waals surface area contributed by atoms with Crippen LogP contribution in [0.3, 0.4) is 0 Å². The molecule has 1 fully saturated rings. The Labute approximate surface area is 129 Å². The highest BCUT2D eigenvalue weighted by molar-refractivity contribution is 5.86. The lowest BCUT2D eigenvalue weighted by Gasteiger charge is -2.23. The molecule has 1 atom stereocenters. The molecule has 1 aliphatic heterocycles. The molecule has 1 aromatic carbocycles. The van der Waals surface area contributed by atoms with Gasteiger partial charge in [-0.15, -0.1) is 0 Å². The molecular weight excluding hydrogens is 284 g/mol. The van der Waals surface area contributed by atoms with Gasteiger partial charge < -0.3 is 15.3 Å². The van der Waals surface area contributed by atoms with Crippen molar-refractivity contribution >= 4 is 17.8 Å². The van der Waals surface area contributed by atoms with Gasteiger partial charge in [0, 0.05) is 12.6 Å². The topological polar surface area (TPSA) is 86.7 Å². The van der Waals surface area contributed by atoms with E-state index in [1.54, 1.807) is 4.90 Å². The average molecular weight is 304 g/mol. The highest BCUT2D eigenvalue weighted by Gasteiger charge is 2.30. The average Bonchev–Trinajstić information content (AvgIpc) is 2.93. The number of carboxylic acids is 1. The Morgan fingerprint density at radius 3 is 2.64 bits per heavy atom. The van der Waals surface area contributed by atoms with Crippen molar-refractivity contribution in [2.24, 2.45) is 0 Å². The Kier molecular flexibility index (Phi) is 5.52. The van der Waals surface area contributed by atoms with Crippen molar-refractivity contribution in [3.05, 3.63) is 35.9 Å². The van der Waals surface area contributed by atoms with E-state index in [9.17, 15) is 14.4 Å². The lowest BCUT2D eigenvalue weighted by molar-refractivity contribution is -0.140. The van der Waals surface area contributed by atoms with Crippen LogP contribution in [0.25, 0.3) is 0 Å². The van der Waals surface area contributed by atoms with Crippen molar-refractivity contribution in [2.45, 2.75) is 31.7 Å². The molecule has 22 heavy (non-hydrogen) atoms. The summed E-state index contributed by atoms with van der Waals surface area (Å²) in [5.74, 6) is -1.34. The quantitative estimate of drug-likeness (QED) is 0.814. The molecule has 118 valence electrons. The predicted octanol–water partition coefficient (Wildman–Crippen LogP) is 0.811. The first kappa shape index (κ1) is 16.0. The zero-order chi connectivity index (χ0) is 15.9. The Hall–Kier alpha value is -2.37. The van der Waals surface area contributed by atoms with Crippen LogP contribution in [0.15, 0.2) is 30.3 Å². The lowest BCUT2D eigenvalue weighted by atomic mass is 10.1. The number of hydrogen-bond acceptors (Lipinski definition) is 3. The highest BCUT2D eigenvalue weighted by Crippen LogP contribution is 2.19. The molecule has 2 N–H and O–H groups in total. The van der Waals surface area contributed by atoms with Gasteiger partial charge in [0.15, 0.2) is 0 Å². The zero-order valence-electron chi connectivity index (χ0n) is 12.3. The van der Waals surface area contributed by atoms with Gasteiger partial charge in [-0.1, -0.05) is 30.3 Å². The van der Waals surface area contributed by atoms with E-state index in [1.807, 2.05) is 30.3 Å². The van der Waals surface area contributed by atoms with E-state index in [1.165, 1.54) is 0 Å². The van der Waals surface area contributed by atoms with E-state index >= 15 is 0 Å². The Balaban J connectivity index is 1.79. The number of nitrogens with zero attached hydrogens (tertiary/aromatic N) is 1. The van der Waals surface area contributed by atoms with Crippen molar-refractivity contribution in [3.8, 4) is 0 Å². The molecule has 1 saturated heterocycles. The van der Waals surface area contributed by atoms with Crippen LogP contribution in [0, 0.1) is 0 Å². The van der Waals surface area contributed by atoms with Crippen molar-refractivity contribution in [2.75, 3.05) is 13.1 Å². The molecule has 0 radical (unpaired) electrons. The Morgan fingerprint density at radius 1 is 1.23 bits per heavy atom. The summed E-state index contributed by atoms with van der Waals surface area (Å²) < 4.78 is 0. The minimum absolute atomic E-state index is 0.0380. The first-order valence-corrected chi connectivity index (χ1v) is 7.38. The van der Waals surface area contributed by atoms with E-state index in [0.29, 0.717) is 13.0 Å². The molecular formula is C16H20N2O4. The fraction of sp³-hybridized carbons (Fsp3) is 0.438. The van der Waals surface area contributed by atoms with Crippen molar-refractivity contribution in [3.63, 3.8) is 0 Å². The van der Waals surface area contributed by atoms with Crippen molar-refractivity contribution < 1.29 is 19.5 Å². The molecule has 0 spiro atoms. The number of aliphatic carboxylic acids is 1. The first-order chi connectivity index (χ1) is 10.6. The van der Waals surface area contributed by atoms with Gasteiger partial charge in [0.05, 0.1) is 19.4 Å². The van der Waals surface area contributed by atoms with Crippen molar-refractivity contribution in [1.29, 1.82) is 0 Å². The Morgan fingerprint density at radius 2 is 1.95 bits per heavy atom. The minimum atomic E-state index is -0.905. The van der Waals surface area contributed by atoms with Crippen LogP contribution in [0.5, 0.6) is 0 Å². The summed E-state index contributed by atoms with van der Waals surface area (Å²) in [6.45, 7) is 0.479. The maximum atomic E-state index is 12.1. The monoisotopic (exact) mass is 304 g/mol. The molecule has 1 aromatic rings. The van der Waals surface area contributed by atoms with Crippen LogP contribution in [0.4, 0.5) is 0 Å². The molecule has 2 amide bonds. The molecule has 1 heterocycles. The normalized spacial score (nSPS) is 17.3. The largest absolute Gasteiger partial charge is 0.481 e. The van der Waals surface area contributed by atoms with Gasteiger partial charge >= 0.3 is 5.97 Å². The molecule has 0 bridgehead atoms. The first-order valence-electron chi connectivity index (χ1n) is 7.38. The summed E-state index contributed by atoms with van der Waals surface area (Å²) in [4.78, 5) is 36.3. The second kappa shape index (κ2) is 7.59. The number of amides is 2. The number of rotatable bonds is 6. The number of carbonyl (C=O) groups is 3. The van der Waals surface area contributed by atoms with Gasteiger partial charge in [-0.3, -0.25) is 14.4 Å². The third-order valence-electron chi connectivity index (χ3n) is 3.75. The number of nitrogens with one attached hydrogen (secondary N) is 1. The lowest BCUT2D eigenvalue weighted by Crippen LogP contribution is -2.43. The predicted molar refractivity (Wildman–Crippen MR) is 80.1 cm³/mol. The maximum Gasteiger partial charge on any atom is 0.305 e. The number of carboxylic acid groups (broad SMARTS) is 1. The van der Waals surface area contributed by atoms with Crippen LogP contribution in [0.2, 0.25) is 0 Å². The standard InChI is InChI=1S/C16H20N2O4/c19-14(9-12-5-2-1-3-6-12)17-11-15(20)18-8-4-7-13(18)10-16(21)22/h1-3,5-6,13H,4,7-11H2,(H,17,19)(H,21,22). The smallest absolute Gasteiger partial charge is 0.305 e. The summed E-state index contributed by atoms with van der Waals surface area (Å²) in [5, 5.41) is 11.5. The van der Waals surface area contributed by atoms with Crippen molar-refractivity contribution in [1.82, 2.24) is 10.2 Å². The van der Waals surface area contributed by atoms with Crippen LogP contribution in [-0.2, 0) is 20.8 Å². The summed E-state index contributed by atoms with van der Waals surface area (Å²) in [6, 6.07) is 9.04. The second-order valence-corrected chi connectivity index (χ2v) is 5.42. The number of hydrogen-bond donors (Lipinski definition) is 2. The third-order valence-corrected chi connectivity index (χ3v) is 3.75. The number of likely N-dealkylation sites (tertiary alicyclic amines) is 1. The van der Waals surface area contributed by atoms with Crippen LogP contribution < -0.4 is 5.32 Å². The molecule has 6 heteroatoms. The third kappa shape index (κ3) is 4.58. The molecule has 1 unspecified atom stereocenters. The van der Waals surface area contributed by atoms with E-state index in [0.717, 1.165) is 12.0 Å². The second-order valence-electron chi connectivity index (χ2n) is 5.42. The van der Waals surface area contributed by atoms with Gasteiger partial charge in [-0.25, -0.2) is 0 Å². The molecule has 6 nitrogen and oxygen atoms in total.